The first-order chi connectivity index (χ1) is 9.22. The topological polar surface area (TPSA) is 9.23 Å². The molecule has 0 bridgehead atoms. The van der Waals surface area contributed by atoms with Gasteiger partial charge >= 0.3 is 136 Å². The number of hydrogen-bond acceptors (Lipinski definition) is 1. The summed E-state index contributed by atoms with van der Waals surface area (Å²) < 4.78 is 7.78. The summed E-state index contributed by atoms with van der Waals surface area (Å²) in [6.07, 6.45) is 5.62. The van der Waals surface area contributed by atoms with Crippen LogP contribution in [0, 0.1) is 0 Å². The SMILES string of the molecule is CC(C)(C1=[C]([Ti])CC=C1)c1ccccc1O[Si](C)(C)C.Cl.Cl. The molecule has 22 heavy (non-hydrogen) atoms. The molecule has 0 unspecified atom stereocenters. The molecule has 121 valence electrons. The first-order valence-electron chi connectivity index (χ1n) is 7.12. The Morgan fingerprint density at radius 2 is 1.68 bits per heavy atom. The molecule has 1 aromatic rings. The third-order valence-electron chi connectivity index (χ3n) is 3.58. The van der Waals surface area contributed by atoms with Crippen LogP contribution < -0.4 is 4.43 Å². The van der Waals surface area contributed by atoms with Crippen molar-refractivity contribution in [1.29, 1.82) is 0 Å². The summed E-state index contributed by atoms with van der Waals surface area (Å²) in [5, 5.41) is 0. The fourth-order valence-electron chi connectivity index (χ4n) is 2.64. The van der Waals surface area contributed by atoms with Gasteiger partial charge in [-0.1, -0.05) is 0 Å². The van der Waals surface area contributed by atoms with Gasteiger partial charge in [0, 0.05) is 0 Å². The Bertz CT molecular complexity index is 574. The van der Waals surface area contributed by atoms with Gasteiger partial charge in [0.05, 0.1) is 0 Å². The van der Waals surface area contributed by atoms with E-state index in [1.54, 1.807) is 0 Å². The van der Waals surface area contributed by atoms with Crippen molar-refractivity contribution in [1.82, 2.24) is 0 Å². The quantitative estimate of drug-likeness (QED) is 0.590. The van der Waals surface area contributed by atoms with Crippen molar-refractivity contribution < 1.29 is 24.9 Å². The largest absolute Gasteiger partial charge is 0.147 e. The maximum absolute atomic E-state index is 6.31. The summed E-state index contributed by atoms with van der Waals surface area (Å²) in [4.78, 5) is 0. The predicted octanol–water partition coefficient (Wildman–Crippen LogP) is 5.78. The van der Waals surface area contributed by atoms with Crippen molar-refractivity contribution in [2.75, 3.05) is 0 Å². The molecular weight excluding hydrogens is 367 g/mol. The molecule has 0 N–H and O–H groups in total. The standard InChI is InChI=1S/C17H23OSi.2ClH.Ti/c1-17(2,14-10-6-7-11-14)15-12-8-9-13-16(15)18-19(3,4)5;;;/h6,8-10,12-13H,7H2,1-5H3;2*1H;. The van der Waals surface area contributed by atoms with Crippen molar-refractivity contribution in [3.63, 3.8) is 0 Å². The molecule has 0 aliphatic heterocycles. The fourth-order valence-corrected chi connectivity index (χ4v) is 4.28. The van der Waals surface area contributed by atoms with Gasteiger partial charge in [0.25, 0.3) is 0 Å². The summed E-state index contributed by atoms with van der Waals surface area (Å²) in [5.41, 5.74) is 2.72. The van der Waals surface area contributed by atoms with E-state index < -0.39 is 8.32 Å². The first-order valence-corrected chi connectivity index (χ1v) is 11.3. The van der Waals surface area contributed by atoms with Crippen molar-refractivity contribution >= 4 is 33.1 Å². The Balaban J connectivity index is 0.00000220. The van der Waals surface area contributed by atoms with Gasteiger partial charge in [0.2, 0.25) is 0 Å². The molecule has 1 aliphatic rings. The molecular formula is C17H25Cl2OSiTi. The molecule has 0 amide bonds. The van der Waals surface area contributed by atoms with Crippen LogP contribution in [0.4, 0.5) is 0 Å². The summed E-state index contributed by atoms with van der Waals surface area (Å²) in [6, 6.07) is 8.51. The Kier molecular flexibility index (Phi) is 8.22. The van der Waals surface area contributed by atoms with E-state index in [4.69, 9.17) is 4.43 Å². The van der Waals surface area contributed by atoms with E-state index in [2.05, 4.69) is 90.3 Å². The van der Waals surface area contributed by atoms with Gasteiger partial charge in [0.1, 0.15) is 0 Å². The van der Waals surface area contributed by atoms with Crippen LogP contribution in [-0.4, -0.2) is 8.32 Å². The van der Waals surface area contributed by atoms with Gasteiger partial charge in [0.15, 0.2) is 0 Å². The Hall–Kier alpha value is 0.0112. The maximum atomic E-state index is 6.31. The molecule has 2 rings (SSSR count). The third kappa shape index (κ3) is 5.01. The summed E-state index contributed by atoms with van der Waals surface area (Å²) in [6.45, 7) is 11.3. The van der Waals surface area contributed by atoms with E-state index in [0.717, 1.165) is 12.2 Å². The number of para-hydroxylation sites is 1. The smallest absolute Gasteiger partial charge is 0.147 e. The number of rotatable bonds is 4. The van der Waals surface area contributed by atoms with E-state index in [0.29, 0.717) is 0 Å². The van der Waals surface area contributed by atoms with Crippen LogP contribution in [0.2, 0.25) is 19.6 Å². The second-order valence-electron chi connectivity index (χ2n) is 6.83. The van der Waals surface area contributed by atoms with Gasteiger partial charge in [-0.15, -0.1) is 24.8 Å². The zero-order valence-corrected chi connectivity index (χ0v) is 18.1. The average Bonchev–Trinajstić information content (AvgIpc) is 2.74. The number of halogens is 2. The average molecular weight is 392 g/mol. The molecule has 0 spiro atoms. The first kappa shape index (κ1) is 22.0. The number of allylic oxidation sites excluding steroid dienone is 4. The molecule has 1 aromatic carbocycles. The maximum Gasteiger partial charge on any atom is -0.147 e. The Morgan fingerprint density at radius 1 is 1.09 bits per heavy atom. The predicted molar refractivity (Wildman–Crippen MR) is 98.7 cm³/mol. The van der Waals surface area contributed by atoms with Crippen LogP contribution in [0.25, 0.3) is 0 Å². The van der Waals surface area contributed by atoms with Gasteiger partial charge in [-0.3, -0.25) is 0 Å². The zero-order valence-electron chi connectivity index (χ0n) is 13.9. The van der Waals surface area contributed by atoms with Crippen LogP contribution >= 0.6 is 24.8 Å². The van der Waals surface area contributed by atoms with E-state index in [9.17, 15) is 0 Å². The monoisotopic (exact) mass is 391 g/mol. The Labute approximate surface area is 160 Å². The number of hydrogen-bond donors (Lipinski definition) is 0. The van der Waals surface area contributed by atoms with Crippen LogP contribution in [0.15, 0.2) is 45.9 Å². The third-order valence-corrected chi connectivity index (χ3v) is 5.15. The van der Waals surface area contributed by atoms with Gasteiger partial charge < -0.3 is 0 Å². The van der Waals surface area contributed by atoms with Gasteiger partial charge in [-0.05, 0) is 0 Å². The van der Waals surface area contributed by atoms with Gasteiger partial charge in [-0.2, -0.15) is 0 Å². The van der Waals surface area contributed by atoms with Crippen LogP contribution in [0.1, 0.15) is 25.8 Å². The van der Waals surface area contributed by atoms with E-state index >= 15 is 0 Å². The van der Waals surface area contributed by atoms with Crippen molar-refractivity contribution in [2.45, 2.75) is 45.3 Å². The molecule has 0 atom stereocenters. The van der Waals surface area contributed by atoms with E-state index in [1.807, 2.05) is 0 Å². The zero-order chi connectivity index (χ0) is 15.0. The normalized spacial score (nSPS) is 14.4. The molecule has 5 heteroatoms. The van der Waals surface area contributed by atoms with Crippen LogP contribution in [0.3, 0.4) is 0 Å². The fraction of sp³-hybridized carbons (Fsp3) is 0.412. The number of benzene rings is 1. The van der Waals surface area contributed by atoms with Gasteiger partial charge in [-0.25, -0.2) is 0 Å². The van der Waals surface area contributed by atoms with E-state index in [1.165, 1.54) is 15.0 Å². The molecule has 0 saturated heterocycles. The van der Waals surface area contributed by atoms with E-state index in [-0.39, 0.29) is 30.2 Å². The summed E-state index contributed by atoms with van der Waals surface area (Å²) in [5.74, 6) is 1.05. The minimum Gasteiger partial charge on any atom is -0.147 e. The Morgan fingerprint density at radius 3 is 2.18 bits per heavy atom. The van der Waals surface area contributed by atoms with Crippen molar-refractivity contribution in [3.05, 3.63) is 51.4 Å². The van der Waals surface area contributed by atoms with Crippen LogP contribution in [0.5, 0.6) is 5.75 Å². The van der Waals surface area contributed by atoms with Crippen molar-refractivity contribution in [2.24, 2.45) is 0 Å². The molecule has 1 aliphatic carbocycles. The summed E-state index contributed by atoms with van der Waals surface area (Å²) >= 11 is 2.24. The van der Waals surface area contributed by atoms with Crippen molar-refractivity contribution in [3.8, 4) is 5.75 Å². The molecule has 0 fully saturated rings. The molecule has 1 nitrogen and oxygen atoms in total. The molecule has 0 saturated carbocycles. The molecule has 0 heterocycles. The second-order valence-corrected chi connectivity index (χ2v) is 12.2. The molecule has 0 radical (unpaired) electrons. The minimum atomic E-state index is -1.60. The summed E-state index contributed by atoms with van der Waals surface area (Å²) in [7, 11) is -1.60. The minimum absolute atomic E-state index is 0. The molecule has 0 aromatic heterocycles. The second kappa shape index (κ2) is 8.21. The van der Waals surface area contributed by atoms with Crippen LogP contribution in [-0.2, 0) is 25.9 Å².